The van der Waals surface area contributed by atoms with Crippen molar-refractivity contribution in [3.63, 3.8) is 0 Å². The fraction of sp³-hybridized carbons (Fsp3) is 0.258. The molecule has 0 saturated carbocycles. The summed E-state index contributed by atoms with van der Waals surface area (Å²) in [5.41, 5.74) is 10.0. The van der Waals surface area contributed by atoms with E-state index in [4.69, 9.17) is 10.5 Å². The molecule has 3 N–H and O–H groups in total. The first-order valence-corrected chi connectivity index (χ1v) is 13.1. The number of nitrogens with one attached hydrogen (secondary N) is 1. The van der Waals surface area contributed by atoms with Gasteiger partial charge in [-0.2, -0.15) is 0 Å². The number of benzene rings is 3. The number of anilines is 3. The van der Waals surface area contributed by atoms with E-state index in [1.54, 1.807) is 23.2 Å². The number of piperazine rings is 1. The van der Waals surface area contributed by atoms with Crippen LogP contribution in [0.5, 0.6) is 0 Å². The number of nitrogens with two attached hydrogens (primary N) is 1. The van der Waals surface area contributed by atoms with Gasteiger partial charge in [-0.3, -0.25) is 9.78 Å². The van der Waals surface area contributed by atoms with Crippen LogP contribution in [0.25, 0.3) is 21.9 Å². The summed E-state index contributed by atoms with van der Waals surface area (Å²) in [4.78, 5) is 33.9. The zero-order valence-corrected chi connectivity index (χ0v) is 22.5. The molecule has 8 heteroatoms. The van der Waals surface area contributed by atoms with Gasteiger partial charge in [-0.1, -0.05) is 42.5 Å². The van der Waals surface area contributed by atoms with Crippen LogP contribution in [0.15, 0.2) is 79.0 Å². The van der Waals surface area contributed by atoms with Gasteiger partial charge in [-0.25, -0.2) is 4.79 Å². The minimum absolute atomic E-state index is 0.274. The molecule has 0 unspecified atom stereocenters. The first kappa shape index (κ1) is 26.0. The van der Waals surface area contributed by atoms with E-state index < -0.39 is 5.60 Å². The van der Waals surface area contributed by atoms with E-state index in [1.807, 2.05) is 75.4 Å². The van der Waals surface area contributed by atoms with Crippen LogP contribution in [0, 0.1) is 0 Å². The summed E-state index contributed by atoms with van der Waals surface area (Å²) in [5, 5.41) is 4.76. The summed E-state index contributed by atoms with van der Waals surface area (Å²) in [7, 11) is 0. The second kappa shape index (κ2) is 10.6. The molecular weight excluding hydrogens is 490 g/mol. The van der Waals surface area contributed by atoms with Crippen LogP contribution in [0.4, 0.5) is 21.9 Å². The van der Waals surface area contributed by atoms with Crippen LogP contribution in [0.1, 0.15) is 31.3 Å². The molecule has 5 rings (SSSR count). The van der Waals surface area contributed by atoms with Gasteiger partial charge in [0.2, 0.25) is 0 Å². The summed E-state index contributed by atoms with van der Waals surface area (Å²) in [6, 6.07) is 23.4. The molecule has 0 radical (unpaired) electrons. The zero-order valence-electron chi connectivity index (χ0n) is 22.5. The van der Waals surface area contributed by atoms with Crippen LogP contribution in [-0.4, -0.2) is 53.7 Å². The van der Waals surface area contributed by atoms with Gasteiger partial charge in [0.05, 0.1) is 11.4 Å². The van der Waals surface area contributed by atoms with Gasteiger partial charge in [0.25, 0.3) is 5.91 Å². The van der Waals surface area contributed by atoms with E-state index in [1.165, 1.54) is 0 Å². The Labute approximate surface area is 228 Å². The number of amides is 2. The van der Waals surface area contributed by atoms with E-state index >= 15 is 0 Å². The van der Waals surface area contributed by atoms with E-state index in [-0.39, 0.29) is 12.0 Å². The highest BCUT2D eigenvalue weighted by atomic mass is 16.6. The van der Waals surface area contributed by atoms with Gasteiger partial charge in [-0.05, 0) is 67.6 Å². The van der Waals surface area contributed by atoms with E-state index in [9.17, 15) is 9.59 Å². The standard InChI is InChI=1S/C31H33N5O3/c1-31(2,3)39-30(38)36-15-13-35(14-16-36)25-11-9-23-19-28(33-20-24(23)17-25)29(37)34-27-18-22(10-12-26(27)32)21-7-5-4-6-8-21/h4-12,17-20H,13-16,32H2,1-3H3,(H,34,37). The molecule has 1 saturated heterocycles. The largest absolute Gasteiger partial charge is 0.444 e. The average molecular weight is 524 g/mol. The molecule has 0 aliphatic carbocycles. The van der Waals surface area contributed by atoms with Crippen molar-refractivity contribution in [2.24, 2.45) is 0 Å². The quantitative estimate of drug-likeness (QED) is 0.328. The van der Waals surface area contributed by atoms with Crippen LogP contribution >= 0.6 is 0 Å². The monoisotopic (exact) mass is 523 g/mol. The number of hydrogen-bond donors (Lipinski definition) is 2. The lowest BCUT2D eigenvalue weighted by molar-refractivity contribution is 0.0240. The summed E-state index contributed by atoms with van der Waals surface area (Å²) in [6.45, 7) is 8.23. The van der Waals surface area contributed by atoms with Crippen LogP contribution in [0.3, 0.4) is 0 Å². The van der Waals surface area contributed by atoms with Gasteiger partial charge < -0.3 is 25.6 Å². The maximum Gasteiger partial charge on any atom is 0.410 e. The Morgan fingerprint density at radius 3 is 2.33 bits per heavy atom. The van der Waals surface area contributed by atoms with E-state index in [2.05, 4.69) is 21.3 Å². The van der Waals surface area contributed by atoms with Crippen LogP contribution < -0.4 is 16.0 Å². The molecule has 0 spiro atoms. The number of pyridine rings is 1. The number of aromatic nitrogens is 1. The Hall–Kier alpha value is -4.59. The Bertz CT molecular complexity index is 1510. The van der Waals surface area contributed by atoms with Crippen molar-refractivity contribution in [3.8, 4) is 11.1 Å². The first-order chi connectivity index (χ1) is 18.7. The van der Waals surface area contributed by atoms with Gasteiger partial charge in [0.15, 0.2) is 0 Å². The molecule has 0 bridgehead atoms. The lowest BCUT2D eigenvalue weighted by Gasteiger charge is -2.36. The summed E-state index contributed by atoms with van der Waals surface area (Å²) < 4.78 is 5.50. The molecule has 200 valence electrons. The Kier molecular flexibility index (Phi) is 7.11. The third kappa shape index (κ3) is 6.12. The molecule has 1 aromatic heterocycles. The SMILES string of the molecule is CC(C)(C)OC(=O)N1CCN(c2ccc3cc(C(=O)Nc4cc(-c5ccccc5)ccc4N)ncc3c2)CC1. The minimum atomic E-state index is -0.506. The fourth-order valence-corrected chi connectivity index (χ4v) is 4.58. The van der Waals surface area contributed by atoms with Crippen molar-refractivity contribution >= 4 is 39.8 Å². The predicted octanol–water partition coefficient (Wildman–Crippen LogP) is 5.79. The molecule has 8 nitrogen and oxygen atoms in total. The van der Waals surface area contributed by atoms with Crippen molar-refractivity contribution in [2.75, 3.05) is 42.1 Å². The number of rotatable bonds is 4. The second-order valence-electron chi connectivity index (χ2n) is 10.7. The van der Waals surface area contributed by atoms with Crippen molar-refractivity contribution in [1.29, 1.82) is 0 Å². The van der Waals surface area contributed by atoms with Crippen LogP contribution in [-0.2, 0) is 4.74 Å². The van der Waals surface area contributed by atoms with Crippen LogP contribution in [0.2, 0.25) is 0 Å². The lowest BCUT2D eigenvalue weighted by atomic mass is 10.0. The van der Waals surface area contributed by atoms with Gasteiger partial charge in [0.1, 0.15) is 11.3 Å². The number of carbonyl (C=O) groups excluding carboxylic acids is 2. The Balaban J connectivity index is 1.27. The maximum atomic E-state index is 13.1. The molecule has 0 atom stereocenters. The molecule has 3 aromatic carbocycles. The number of fused-ring (bicyclic) bond motifs is 1. The third-order valence-corrected chi connectivity index (χ3v) is 6.64. The van der Waals surface area contributed by atoms with Gasteiger partial charge in [0, 0.05) is 43.4 Å². The minimum Gasteiger partial charge on any atom is -0.444 e. The fourth-order valence-electron chi connectivity index (χ4n) is 4.58. The topological polar surface area (TPSA) is 101 Å². The smallest absolute Gasteiger partial charge is 0.410 e. The molecular formula is C31H33N5O3. The van der Waals surface area contributed by atoms with Gasteiger partial charge >= 0.3 is 6.09 Å². The average Bonchev–Trinajstić information content (AvgIpc) is 2.93. The highest BCUT2D eigenvalue weighted by Gasteiger charge is 2.26. The first-order valence-electron chi connectivity index (χ1n) is 13.1. The summed E-state index contributed by atoms with van der Waals surface area (Å²) in [5.74, 6) is -0.323. The molecule has 4 aromatic rings. The molecule has 2 heterocycles. The molecule has 1 aliphatic heterocycles. The van der Waals surface area contributed by atoms with Crippen molar-refractivity contribution < 1.29 is 14.3 Å². The normalized spacial score (nSPS) is 13.8. The molecule has 2 amide bonds. The van der Waals surface area contributed by atoms with E-state index in [0.717, 1.165) is 27.6 Å². The van der Waals surface area contributed by atoms with Crippen molar-refractivity contribution in [3.05, 3.63) is 84.7 Å². The summed E-state index contributed by atoms with van der Waals surface area (Å²) in [6.07, 6.45) is 1.44. The molecule has 1 fully saturated rings. The predicted molar refractivity (Wildman–Crippen MR) is 156 cm³/mol. The third-order valence-electron chi connectivity index (χ3n) is 6.64. The highest BCUT2D eigenvalue weighted by molar-refractivity contribution is 6.06. The van der Waals surface area contributed by atoms with Gasteiger partial charge in [-0.15, -0.1) is 0 Å². The van der Waals surface area contributed by atoms with E-state index in [0.29, 0.717) is 43.2 Å². The molecule has 1 aliphatic rings. The number of hydrogen-bond acceptors (Lipinski definition) is 6. The van der Waals surface area contributed by atoms with Crippen molar-refractivity contribution in [2.45, 2.75) is 26.4 Å². The zero-order chi connectivity index (χ0) is 27.6. The number of carbonyl (C=O) groups is 2. The second-order valence-corrected chi connectivity index (χ2v) is 10.7. The number of nitrogen functional groups attached to an aromatic ring is 1. The Morgan fingerprint density at radius 2 is 1.62 bits per heavy atom. The Morgan fingerprint density at radius 1 is 0.872 bits per heavy atom. The molecule has 39 heavy (non-hydrogen) atoms. The number of ether oxygens (including phenoxy) is 1. The number of nitrogens with zero attached hydrogens (tertiary/aromatic N) is 3. The maximum absolute atomic E-state index is 13.1. The lowest BCUT2D eigenvalue weighted by Crippen LogP contribution is -2.50. The highest BCUT2D eigenvalue weighted by Crippen LogP contribution is 2.28. The summed E-state index contributed by atoms with van der Waals surface area (Å²) >= 11 is 0. The van der Waals surface area contributed by atoms with Crippen molar-refractivity contribution in [1.82, 2.24) is 9.88 Å².